The first kappa shape index (κ1) is 26.7. The maximum atomic E-state index is 14.2. The minimum Gasteiger partial charge on any atom is -0.393 e. The van der Waals surface area contributed by atoms with E-state index in [1.807, 2.05) is 0 Å². The zero-order chi connectivity index (χ0) is 27.1. The zero-order valence-corrected chi connectivity index (χ0v) is 20.1. The average Bonchev–Trinajstić information content (AvgIpc) is 3.22. The van der Waals surface area contributed by atoms with Gasteiger partial charge in [-0.05, 0) is 42.0 Å². The molecule has 1 atom stereocenters. The van der Waals surface area contributed by atoms with Crippen LogP contribution in [0.25, 0.3) is 10.9 Å². The molecule has 0 bridgehead atoms. The van der Waals surface area contributed by atoms with Gasteiger partial charge in [-0.2, -0.15) is 30.8 Å². The number of nitrogens with zero attached hydrogens (tertiary/aromatic N) is 2. The summed E-state index contributed by atoms with van der Waals surface area (Å²) in [6, 6.07) is 10.7. The zero-order valence-electron chi connectivity index (χ0n) is 18.6. The molecule has 7 nitrogen and oxygen atoms in total. The normalized spacial score (nSPS) is 13.2. The molecular formula is C24H17ClF4N2O5S. The summed E-state index contributed by atoms with van der Waals surface area (Å²) in [6.45, 7) is -0.818. The minimum atomic E-state index is -4.81. The number of hydrogen-bond donors (Lipinski definition) is 2. The third-order valence-electron chi connectivity index (χ3n) is 5.52. The minimum absolute atomic E-state index is 0.0669. The molecule has 3 aromatic carbocycles. The lowest BCUT2D eigenvalue weighted by Gasteiger charge is -2.10. The molecule has 0 saturated carbocycles. The number of rotatable bonds is 7. The summed E-state index contributed by atoms with van der Waals surface area (Å²) in [4.78, 5) is 12.0. The van der Waals surface area contributed by atoms with Crippen LogP contribution in [0.3, 0.4) is 0 Å². The Balaban J connectivity index is 1.85. The van der Waals surface area contributed by atoms with Gasteiger partial charge in [0.15, 0.2) is 5.78 Å². The Morgan fingerprint density at radius 2 is 1.78 bits per heavy atom. The van der Waals surface area contributed by atoms with Crippen molar-refractivity contribution >= 4 is 38.3 Å². The van der Waals surface area contributed by atoms with Gasteiger partial charge in [0, 0.05) is 11.8 Å². The van der Waals surface area contributed by atoms with E-state index in [0.29, 0.717) is 16.2 Å². The highest BCUT2D eigenvalue weighted by Crippen LogP contribution is 2.33. The Hall–Kier alpha value is -3.32. The average molecular weight is 557 g/mol. The van der Waals surface area contributed by atoms with Crippen LogP contribution in [0, 0.1) is 5.82 Å². The Morgan fingerprint density at radius 1 is 1.08 bits per heavy atom. The van der Waals surface area contributed by atoms with Crippen molar-refractivity contribution in [1.82, 2.24) is 9.19 Å². The molecule has 0 amide bonds. The number of halogens is 5. The molecule has 194 valence electrons. The number of carbonyl (C=O) groups excluding carboxylic acids is 1. The van der Waals surface area contributed by atoms with E-state index in [0.717, 1.165) is 18.2 Å². The first-order valence-electron chi connectivity index (χ1n) is 10.5. The number of aliphatic hydroxyl groups excluding tert-OH is 2. The highest BCUT2D eigenvalue weighted by Gasteiger charge is 2.33. The van der Waals surface area contributed by atoms with Crippen LogP contribution in [0.15, 0.2) is 65.6 Å². The Morgan fingerprint density at radius 3 is 2.43 bits per heavy atom. The van der Waals surface area contributed by atoms with Gasteiger partial charge in [-0.25, -0.2) is 4.39 Å². The van der Waals surface area contributed by atoms with Gasteiger partial charge in [0.05, 0.1) is 33.2 Å². The molecule has 0 fully saturated rings. The van der Waals surface area contributed by atoms with Crippen molar-refractivity contribution in [3.05, 3.63) is 93.9 Å². The topological polar surface area (TPSA) is 109 Å². The van der Waals surface area contributed by atoms with Crippen LogP contribution in [0.4, 0.5) is 17.6 Å². The molecule has 2 N–H and O–H groups in total. The molecule has 1 heterocycles. The number of Topliss-reactive ketones (excluding diaryl/α,β-unsaturated/α-hetero) is 1. The van der Waals surface area contributed by atoms with Gasteiger partial charge in [-0.15, -0.1) is 0 Å². The van der Waals surface area contributed by atoms with Crippen LogP contribution in [-0.2, 0) is 22.6 Å². The van der Waals surface area contributed by atoms with Gasteiger partial charge < -0.3 is 10.2 Å². The van der Waals surface area contributed by atoms with E-state index in [9.17, 15) is 41.0 Å². The third-order valence-corrected chi connectivity index (χ3v) is 7.42. The number of alkyl halides is 3. The summed E-state index contributed by atoms with van der Waals surface area (Å²) >= 11 is 5.95. The largest absolute Gasteiger partial charge is 0.416 e. The van der Waals surface area contributed by atoms with E-state index in [-0.39, 0.29) is 32.7 Å². The molecule has 0 saturated heterocycles. The molecule has 0 radical (unpaired) electrons. The molecular weight excluding hydrogens is 540 g/mol. The molecule has 4 aromatic rings. The Kier molecular flexibility index (Phi) is 7.12. The molecule has 1 aromatic heterocycles. The van der Waals surface area contributed by atoms with Gasteiger partial charge in [0.2, 0.25) is 0 Å². The Labute approximate surface area is 212 Å². The fraction of sp³-hybridized carbons (Fsp3) is 0.167. The van der Waals surface area contributed by atoms with Crippen LogP contribution in [0.1, 0.15) is 33.3 Å². The van der Waals surface area contributed by atoms with Gasteiger partial charge in [0.25, 0.3) is 10.0 Å². The summed E-state index contributed by atoms with van der Waals surface area (Å²) in [5.41, 5.74) is -1.77. The lowest BCUT2D eigenvalue weighted by atomic mass is 10.0. The SMILES string of the molecule is O=C(Cc1ccc2c(C(O)CO)nn(S(=O)(=O)c3cccc(C(F)(F)F)c3)c2c1)c1c(F)cccc1Cl. The molecule has 1 unspecified atom stereocenters. The highest BCUT2D eigenvalue weighted by molar-refractivity contribution is 7.90. The molecule has 4 rings (SSSR count). The summed E-state index contributed by atoms with van der Waals surface area (Å²) < 4.78 is 80.9. The van der Waals surface area contributed by atoms with Gasteiger partial charge in [0.1, 0.15) is 17.6 Å². The Bertz CT molecular complexity index is 1600. The fourth-order valence-corrected chi connectivity index (χ4v) is 5.35. The number of aliphatic hydroxyl groups is 2. The second-order valence-corrected chi connectivity index (χ2v) is 10.2. The number of ketones is 1. The molecule has 0 aliphatic heterocycles. The lowest BCUT2D eigenvalue weighted by Crippen LogP contribution is -2.17. The third kappa shape index (κ3) is 5.10. The first-order valence-corrected chi connectivity index (χ1v) is 12.4. The second kappa shape index (κ2) is 9.86. The van der Waals surface area contributed by atoms with Gasteiger partial charge in [-0.3, -0.25) is 4.79 Å². The number of fused-ring (bicyclic) bond motifs is 1. The summed E-state index contributed by atoms with van der Waals surface area (Å²) in [7, 11) is -4.73. The highest BCUT2D eigenvalue weighted by atomic mass is 35.5. The van der Waals surface area contributed by atoms with Crippen molar-refractivity contribution in [2.24, 2.45) is 0 Å². The number of benzene rings is 3. The molecule has 0 aliphatic rings. The van der Waals surface area contributed by atoms with Crippen LogP contribution in [-0.4, -0.2) is 40.2 Å². The van der Waals surface area contributed by atoms with E-state index in [4.69, 9.17) is 11.6 Å². The van der Waals surface area contributed by atoms with E-state index < -0.39 is 57.4 Å². The molecule has 0 spiro atoms. The van der Waals surface area contributed by atoms with E-state index >= 15 is 0 Å². The summed E-state index contributed by atoms with van der Waals surface area (Å²) in [5.74, 6) is -1.55. The van der Waals surface area contributed by atoms with Crippen LogP contribution < -0.4 is 0 Å². The maximum absolute atomic E-state index is 14.2. The van der Waals surface area contributed by atoms with Crippen LogP contribution in [0.5, 0.6) is 0 Å². The van der Waals surface area contributed by atoms with Crippen molar-refractivity contribution in [2.45, 2.75) is 23.6 Å². The van der Waals surface area contributed by atoms with E-state index in [2.05, 4.69) is 5.10 Å². The van der Waals surface area contributed by atoms with Crippen LogP contribution >= 0.6 is 11.6 Å². The van der Waals surface area contributed by atoms with Crippen molar-refractivity contribution < 1.29 is 41.0 Å². The van der Waals surface area contributed by atoms with Gasteiger partial charge >= 0.3 is 6.18 Å². The van der Waals surface area contributed by atoms with E-state index in [1.165, 1.54) is 30.3 Å². The monoisotopic (exact) mass is 556 g/mol. The van der Waals surface area contributed by atoms with Gasteiger partial charge in [-0.1, -0.05) is 35.9 Å². The van der Waals surface area contributed by atoms with Crippen molar-refractivity contribution in [1.29, 1.82) is 0 Å². The van der Waals surface area contributed by atoms with Crippen molar-refractivity contribution in [3.8, 4) is 0 Å². The smallest absolute Gasteiger partial charge is 0.393 e. The number of aromatic nitrogens is 2. The predicted molar refractivity (Wildman–Crippen MR) is 125 cm³/mol. The number of hydrogen-bond acceptors (Lipinski definition) is 6. The quantitative estimate of drug-likeness (QED) is 0.256. The number of carbonyl (C=O) groups is 1. The van der Waals surface area contributed by atoms with E-state index in [1.54, 1.807) is 0 Å². The predicted octanol–water partition coefficient (Wildman–Crippen LogP) is 4.54. The van der Waals surface area contributed by atoms with Crippen molar-refractivity contribution in [2.75, 3.05) is 6.61 Å². The molecule has 37 heavy (non-hydrogen) atoms. The fourth-order valence-electron chi connectivity index (χ4n) is 3.75. The first-order chi connectivity index (χ1) is 17.3. The summed E-state index contributed by atoms with van der Waals surface area (Å²) in [6.07, 6.45) is -6.81. The molecule has 0 aliphatic carbocycles. The second-order valence-electron chi connectivity index (χ2n) is 8.01. The standard InChI is InChI=1S/C24H17ClF4N2O5S/c25-17-5-2-6-18(26)22(17)20(33)10-13-7-8-16-19(9-13)31(30-23(16)21(34)12-32)37(35,36)15-4-1-3-14(11-15)24(27,28)29/h1-9,11,21,32,34H,10,12H2. The van der Waals surface area contributed by atoms with Crippen molar-refractivity contribution in [3.63, 3.8) is 0 Å². The lowest BCUT2D eigenvalue weighted by molar-refractivity contribution is -0.137. The summed E-state index contributed by atoms with van der Waals surface area (Å²) in [5, 5.41) is 23.4. The molecule has 13 heteroatoms. The van der Waals surface area contributed by atoms with Crippen LogP contribution in [0.2, 0.25) is 5.02 Å². The maximum Gasteiger partial charge on any atom is 0.416 e.